The molecule has 0 unspecified atom stereocenters. The van der Waals surface area contributed by atoms with E-state index in [1.165, 1.54) is 20.3 Å². The van der Waals surface area contributed by atoms with Gasteiger partial charge in [-0.25, -0.2) is 8.42 Å². The summed E-state index contributed by atoms with van der Waals surface area (Å²) in [6.07, 6.45) is 0. The molecule has 0 radical (unpaired) electrons. The van der Waals surface area contributed by atoms with Gasteiger partial charge in [0.2, 0.25) is 27.7 Å². The summed E-state index contributed by atoms with van der Waals surface area (Å²) in [5, 5.41) is 0. The molecule has 8 nitrogen and oxygen atoms in total. The fourth-order valence-electron chi connectivity index (χ4n) is 1.15. The Labute approximate surface area is 104 Å². The highest BCUT2D eigenvalue weighted by atomic mass is 32.2. The zero-order valence-electron chi connectivity index (χ0n) is 10.1. The Kier molecular flexibility index (Phi) is 4.43. The van der Waals surface area contributed by atoms with E-state index in [1.807, 2.05) is 4.72 Å². The molecule has 0 saturated heterocycles. The van der Waals surface area contributed by atoms with Gasteiger partial charge in [-0.15, -0.1) is 0 Å². The summed E-state index contributed by atoms with van der Waals surface area (Å²) in [4.78, 5) is 18.4. The van der Waals surface area contributed by atoms with Gasteiger partial charge in [-0.1, -0.05) is 0 Å². The van der Waals surface area contributed by atoms with Crippen molar-refractivity contribution < 1.29 is 22.7 Å². The third-order valence-electron chi connectivity index (χ3n) is 1.76. The molecule has 18 heavy (non-hydrogen) atoms. The van der Waals surface area contributed by atoms with Crippen molar-refractivity contribution in [3.8, 4) is 11.8 Å². The van der Waals surface area contributed by atoms with Gasteiger partial charge in [0.15, 0.2) is 5.82 Å². The molecule has 0 atom stereocenters. The van der Waals surface area contributed by atoms with E-state index >= 15 is 0 Å². The second-order valence-electron chi connectivity index (χ2n) is 3.29. The van der Waals surface area contributed by atoms with Crippen LogP contribution in [0.3, 0.4) is 0 Å². The molecule has 0 spiro atoms. The van der Waals surface area contributed by atoms with Crippen LogP contribution in [0.1, 0.15) is 12.7 Å². The van der Waals surface area contributed by atoms with Crippen molar-refractivity contribution >= 4 is 15.9 Å². The SMILES string of the molecule is COc1cc(OC)nc(CS(=O)(=O)NC(C)=O)n1. The number of hydrogen-bond acceptors (Lipinski definition) is 7. The monoisotopic (exact) mass is 275 g/mol. The Morgan fingerprint density at radius 1 is 1.28 bits per heavy atom. The van der Waals surface area contributed by atoms with Crippen LogP contribution in [0.2, 0.25) is 0 Å². The van der Waals surface area contributed by atoms with E-state index < -0.39 is 21.7 Å². The predicted octanol–water partition coefficient (Wildman–Crippen LogP) is -0.540. The van der Waals surface area contributed by atoms with Crippen LogP contribution in [-0.4, -0.2) is 38.5 Å². The second-order valence-corrected chi connectivity index (χ2v) is 5.01. The molecule has 1 aromatic heterocycles. The van der Waals surface area contributed by atoms with E-state index in [4.69, 9.17) is 9.47 Å². The van der Waals surface area contributed by atoms with E-state index in [-0.39, 0.29) is 17.6 Å². The van der Waals surface area contributed by atoms with Gasteiger partial charge in [-0.2, -0.15) is 9.97 Å². The van der Waals surface area contributed by atoms with Crippen LogP contribution in [0, 0.1) is 0 Å². The lowest BCUT2D eigenvalue weighted by molar-refractivity contribution is -0.117. The van der Waals surface area contributed by atoms with Gasteiger partial charge in [0.25, 0.3) is 0 Å². The molecule has 0 aliphatic carbocycles. The molecular formula is C9H13N3O5S. The van der Waals surface area contributed by atoms with Crippen molar-refractivity contribution in [3.05, 3.63) is 11.9 Å². The van der Waals surface area contributed by atoms with Gasteiger partial charge in [0.05, 0.1) is 20.3 Å². The molecule has 1 amide bonds. The summed E-state index contributed by atoms with van der Waals surface area (Å²) in [5.41, 5.74) is 0. The molecule has 1 N–H and O–H groups in total. The van der Waals surface area contributed by atoms with Crippen LogP contribution >= 0.6 is 0 Å². The minimum Gasteiger partial charge on any atom is -0.481 e. The maximum atomic E-state index is 11.5. The molecule has 0 aliphatic heterocycles. The molecule has 0 fully saturated rings. The Balaban J connectivity index is 3.00. The molecule has 9 heteroatoms. The number of sulfonamides is 1. The summed E-state index contributed by atoms with van der Waals surface area (Å²) in [6.45, 7) is 1.10. The van der Waals surface area contributed by atoms with Crippen molar-refractivity contribution in [2.45, 2.75) is 12.7 Å². The number of nitrogens with zero attached hydrogens (tertiary/aromatic N) is 2. The quantitative estimate of drug-likeness (QED) is 0.768. The van der Waals surface area contributed by atoms with Crippen LogP contribution in [0.4, 0.5) is 0 Å². The lowest BCUT2D eigenvalue weighted by Gasteiger charge is -2.07. The highest BCUT2D eigenvalue weighted by Crippen LogP contribution is 2.15. The van der Waals surface area contributed by atoms with Crippen LogP contribution < -0.4 is 14.2 Å². The van der Waals surface area contributed by atoms with Gasteiger partial charge in [0.1, 0.15) is 5.75 Å². The van der Waals surface area contributed by atoms with Crippen LogP contribution in [-0.2, 0) is 20.6 Å². The first-order valence-electron chi connectivity index (χ1n) is 4.83. The van der Waals surface area contributed by atoms with E-state index in [1.54, 1.807) is 0 Å². The number of carbonyl (C=O) groups excluding carboxylic acids is 1. The molecule has 100 valence electrons. The van der Waals surface area contributed by atoms with Crippen molar-refractivity contribution in [2.24, 2.45) is 0 Å². The molecule has 1 aromatic rings. The largest absolute Gasteiger partial charge is 0.481 e. The fourth-order valence-corrected chi connectivity index (χ4v) is 2.13. The van der Waals surface area contributed by atoms with Crippen LogP contribution in [0.25, 0.3) is 0 Å². The maximum absolute atomic E-state index is 11.5. The van der Waals surface area contributed by atoms with Crippen molar-refractivity contribution in [2.75, 3.05) is 14.2 Å². The van der Waals surface area contributed by atoms with Gasteiger partial charge in [-0.3, -0.25) is 9.52 Å². The average Bonchev–Trinajstić information content (AvgIpc) is 2.25. The van der Waals surface area contributed by atoms with Crippen molar-refractivity contribution in [1.82, 2.24) is 14.7 Å². The number of ether oxygens (including phenoxy) is 2. The molecule has 0 saturated carbocycles. The van der Waals surface area contributed by atoms with Crippen LogP contribution in [0.15, 0.2) is 6.07 Å². The number of rotatable bonds is 5. The first kappa shape index (κ1) is 14.2. The summed E-state index contributed by atoms with van der Waals surface area (Å²) >= 11 is 0. The summed E-state index contributed by atoms with van der Waals surface area (Å²) in [5.74, 6) is -0.894. The van der Waals surface area contributed by atoms with Crippen LogP contribution in [0.5, 0.6) is 11.8 Å². The molecular weight excluding hydrogens is 262 g/mol. The van der Waals surface area contributed by atoms with E-state index in [0.29, 0.717) is 0 Å². The standard InChI is InChI=1S/C9H13N3O5S/c1-6(13)12-18(14,15)5-7-10-8(16-2)4-9(11-7)17-3/h4H,5H2,1-3H3,(H,12,13). The van der Waals surface area contributed by atoms with Gasteiger partial charge < -0.3 is 9.47 Å². The molecule has 0 aliphatic rings. The average molecular weight is 275 g/mol. The lowest BCUT2D eigenvalue weighted by Crippen LogP contribution is -2.29. The highest BCUT2D eigenvalue weighted by molar-refractivity contribution is 7.89. The van der Waals surface area contributed by atoms with Gasteiger partial charge in [-0.05, 0) is 0 Å². The predicted molar refractivity (Wildman–Crippen MR) is 61.6 cm³/mol. The smallest absolute Gasteiger partial charge is 0.242 e. The van der Waals surface area contributed by atoms with E-state index in [9.17, 15) is 13.2 Å². The lowest BCUT2D eigenvalue weighted by atomic mass is 10.5. The molecule has 1 rings (SSSR count). The van der Waals surface area contributed by atoms with Gasteiger partial charge >= 0.3 is 0 Å². The first-order chi connectivity index (χ1) is 8.36. The maximum Gasteiger partial charge on any atom is 0.242 e. The number of hydrogen-bond donors (Lipinski definition) is 1. The zero-order chi connectivity index (χ0) is 13.8. The van der Waals surface area contributed by atoms with Crippen molar-refractivity contribution in [3.63, 3.8) is 0 Å². The highest BCUT2D eigenvalue weighted by Gasteiger charge is 2.16. The van der Waals surface area contributed by atoms with Gasteiger partial charge in [0, 0.05) is 6.92 Å². The minimum atomic E-state index is -3.82. The first-order valence-corrected chi connectivity index (χ1v) is 6.48. The zero-order valence-corrected chi connectivity index (χ0v) is 10.9. The third-order valence-corrected chi connectivity index (χ3v) is 3.00. The summed E-state index contributed by atoms with van der Waals surface area (Å²) in [7, 11) is -1.05. The number of carbonyl (C=O) groups is 1. The Bertz CT molecular complexity index is 521. The summed E-state index contributed by atoms with van der Waals surface area (Å²) in [6, 6.07) is 1.41. The Morgan fingerprint density at radius 2 is 1.78 bits per heavy atom. The molecule has 0 aromatic carbocycles. The number of amides is 1. The Morgan fingerprint density at radius 3 is 2.17 bits per heavy atom. The summed E-state index contributed by atoms with van der Waals surface area (Å²) < 4.78 is 34.6. The number of methoxy groups -OCH3 is 2. The molecule has 1 heterocycles. The third kappa shape index (κ3) is 4.17. The van der Waals surface area contributed by atoms with E-state index in [0.717, 1.165) is 6.92 Å². The van der Waals surface area contributed by atoms with E-state index in [2.05, 4.69) is 9.97 Å². The Hall–Kier alpha value is -1.90. The topological polar surface area (TPSA) is 107 Å². The minimum absolute atomic E-state index is 0.0278. The number of nitrogens with one attached hydrogen (secondary N) is 1. The normalized spacial score (nSPS) is 10.8. The number of aromatic nitrogens is 2. The fraction of sp³-hybridized carbons (Fsp3) is 0.444. The molecule has 0 bridgehead atoms. The second kappa shape index (κ2) is 5.63. The van der Waals surface area contributed by atoms with Crippen molar-refractivity contribution in [1.29, 1.82) is 0 Å².